The van der Waals surface area contributed by atoms with Gasteiger partial charge in [-0.3, -0.25) is 0 Å². The third-order valence-corrected chi connectivity index (χ3v) is 2.39. The Hall–Kier alpha value is -0.590. The van der Waals surface area contributed by atoms with E-state index in [1.165, 1.54) is 6.07 Å². The highest BCUT2D eigenvalue weighted by Gasteiger charge is 2.30. The number of alkyl halides is 3. The summed E-state index contributed by atoms with van der Waals surface area (Å²) < 4.78 is 36.9. The Morgan fingerprint density at radius 3 is 2.43 bits per heavy atom. The van der Waals surface area contributed by atoms with Crippen LogP contribution >= 0.6 is 15.9 Å². The molecule has 78 valence electrons. The smallest absolute Gasteiger partial charge is 0.316 e. The number of nitrogens with one attached hydrogen (secondary N) is 1. The molecule has 6 heteroatoms. The molecule has 0 saturated carbocycles. The van der Waals surface area contributed by atoms with Gasteiger partial charge in [0.2, 0.25) is 0 Å². The molecule has 1 aromatic carbocycles. The highest BCUT2D eigenvalue weighted by atomic mass is 79.9. The molecular weight excluding hydrogens is 263 g/mol. The van der Waals surface area contributed by atoms with Crippen molar-refractivity contribution in [2.75, 3.05) is 0 Å². The van der Waals surface area contributed by atoms with Crippen molar-refractivity contribution in [2.24, 2.45) is 0 Å². The Morgan fingerprint density at radius 2 is 2.00 bits per heavy atom. The van der Waals surface area contributed by atoms with Crippen LogP contribution in [0.1, 0.15) is 11.1 Å². The van der Waals surface area contributed by atoms with Crippen LogP contribution in [0.5, 0.6) is 0 Å². The van der Waals surface area contributed by atoms with E-state index in [4.69, 9.17) is 5.21 Å². The zero-order chi connectivity index (χ0) is 10.8. The van der Waals surface area contributed by atoms with E-state index in [0.717, 1.165) is 12.1 Å². The standard InChI is InChI=1S/C8H7BrF3NO/c9-7-3-6(8(10,11)12)2-1-5(7)4-13-14/h1-3,13-14H,4H2. The molecule has 14 heavy (non-hydrogen) atoms. The normalized spacial score (nSPS) is 11.8. The van der Waals surface area contributed by atoms with E-state index in [-0.39, 0.29) is 6.54 Å². The molecule has 0 spiro atoms. The molecule has 0 atom stereocenters. The molecule has 0 fully saturated rings. The number of hydrogen-bond acceptors (Lipinski definition) is 2. The molecular formula is C8H7BrF3NO. The van der Waals surface area contributed by atoms with Gasteiger partial charge in [0.1, 0.15) is 0 Å². The van der Waals surface area contributed by atoms with E-state index in [1.54, 1.807) is 0 Å². The highest BCUT2D eigenvalue weighted by molar-refractivity contribution is 9.10. The van der Waals surface area contributed by atoms with E-state index in [9.17, 15) is 13.2 Å². The van der Waals surface area contributed by atoms with Crippen molar-refractivity contribution < 1.29 is 18.4 Å². The minimum absolute atomic E-state index is 0.0960. The minimum Gasteiger partial charge on any atom is -0.316 e. The van der Waals surface area contributed by atoms with Gasteiger partial charge in [-0.05, 0) is 17.7 Å². The third-order valence-electron chi connectivity index (χ3n) is 1.65. The summed E-state index contributed by atoms with van der Waals surface area (Å²) in [5, 5.41) is 8.38. The molecule has 0 aliphatic heterocycles. The topological polar surface area (TPSA) is 32.3 Å². The van der Waals surface area contributed by atoms with Crippen LogP contribution in [-0.2, 0) is 12.7 Å². The molecule has 2 N–H and O–H groups in total. The monoisotopic (exact) mass is 269 g/mol. The second-order valence-electron chi connectivity index (χ2n) is 2.64. The molecule has 2 nitrogen and oxygen atoms in total. The lowest BCUT2D eigenvalue weighted by atomic mass is 10.1. The van der Waals surface area contributed by atoms with Crippen molar-refractivity contribution in [1.82, 2.24) is 5.48 Å². The first-order valence-corrected chi connectivity index (χ1v) is 4.47. The van der Waals surface area contributed by atoms with Gasteiger partial charge in [-0.25, -0.2) is 5.48 Å². The quantitative estimate of drug-likeness (QED) is 0.810. The van der Waals surface area contributed by atoms with E-state index in [0.29, 0.717) is 10.0 Å². The van der Waals surface area contributed by atoms with Gasteiger partial charge in [-0.2, -0.15) is 13.2 Å². The Morgan fingerprint density at radius 1 is 1.36 bits per heavy atom. The van der Waals surface area contributed by atoms with Gasteiger partial charge in [0, 0.05) is 11.0 Å². The van der Waals surface area contributed by atoms with E-state index < -0.39 is 11.7 Å². The van der Waals surface area contributed by atoms with Gasteiger partial charge < -0.3 is 5.21 Å². The van der Waals surface area contributed by atoms with Crippen molar-refractivity contribution in [3.63, 3.8) is 0 Å². The van der Waals surface area contributed by atoms with Crippen LogP contribution in [0.15, 0.2) is 22.7 Å². The zero-order valence-electron chi connectivity index (χ0n) is 6.90. The molecule has 1 aromatic rings. The summed E-state index contributed by atoms with van der Waals surface area (Å²) in [6.45, 7) is 0.0960. The molecule has 0 heterocycles. The SMILES string of the molecule is ONCc1ccc(C(F)(F)F)cc1Br. The second kappa shape index (κ2) is 4.29. The molecule has 0 aliphatic rings. The maximum atomic E-state index is 12.2. The number of hydroxylamine groups is 1. The van der Waals surface area contributed by atoms with E-state index in [1.807, 2.05) is 5.48 Å². The van der Waals surface area contributed by atoms with Gasteiger partial charge in [-0.15, -0.1) is 0 Å². The van der Waals surface area contributed by atoms with Crippen LogP contribution in [0, 0.1) is 0 Å². The lowest BCUT2D eigenvalue weighted by molar-refractivity contribution is -0.137. The van der Waals surface area contributed by atoms with Gasteiger partial charge in [0.25, 0.3) is 0 Å². The summed E-state index contributed by atoms with van der Waals surface area (Å²) in [5.74, 6) is 0. The Kier molecular flexibility index (Phi) is 3.52. The second-order valence-corrected chi connectivity index (χ2v) is 3.49. The van der Waals surface area contributed by atoms with Gasteiger partial charge in [-0.1, -0.05) is 22.0 Å². The molecule has 0 aliphatic carbocycles. The fourth-order valence-corrected chi connectivity index (χ4v) is 1.47. The van der Waals surface area contributed by atoms with Crippen LogP contribution in [0.25, 0.3) is 0 Å². The summed E-state index contributed by atoms with van der Waals surface area (Å²) in [6, 6.07) is 3.25. The first kappa shape index (κ1) is 11.5. The lowest BCUT2D eigenvalue weighted by Crippen LogP contribution is -2.09. The highest BCUT2D eigenvalue weighted by Crippen LogP contribution is 2.32. The van der Waals surface area contributed by atoms with Crippen molar-refractivity contribution in [1.29, 1.82) is 0 Å². The number of rotatable bonds is 2. The van der Waals surface area contributed by atoms with Crippen LogP contribution < -0.4 is 5.48 Å². The fourth-order valence-electron chi connectivity index (χ4n) is 0.952. The molecule has 0 amide bonds. The minimum atomic E-state index is -4.34. The largest absolute Gasteiger partial charge is 0.416 e. The molecule has 1 rings (SSSR count). The summed E-state index contributed by atoms with van der Waals surface area (Å²) >= 11 is 2.99. The number of hydrogen-bond donors (Lipinski definition) is 2. The summed E-state index contributed by atoms with van der Waals surface area (Å²) in [6.07, 6.45) is -4.34. The van der Waals surface area contributed by atoms with Gasteiger partial charge in [0.05, 0.1) is 5.56 Å². The first-order valence-electron chi connectivity index (χ1n) is 3.67. The first-order chi connectivity index (χ1) is 6.45. The lowest BCUT2D eigenvalue weighted by Gasteiger charge is -2.09. The molecule has 0 radical (unpaired) electrons. The molecule has 0 bridgehead atoms. The zero-order valence-corrected chi connectivity index (χ0v) is 8.48. The average molecular weight is 270 g/mol. The molecule has 0 unspecified atom stereocenters. The van der Waals surface area contributed by atoms with Crippen LogP contribution in [0.3, 0.4) is 0 Å². The molecule has 0 saturated heterocycles. The van der Waals surface area contributed by atoms with Crippen molar-refractivity contribution in [3.05, 3.63) is 33.8 Å². The van der Waals surface area contributed by atoms with Crippen molar-refractivity contribution in [2.45, 2.75) is 12.7 Å². The number of halogens is 4. The summed E-state index contributed by atoms with van der Waals surface area (Å²) in [7, 11) is 0. The molecule has 0 aromatic heterocycles. The maximum Gasteiger partial charge on any atom is 0.416 e. The van der Waals surface area contributed by atoms with E-state index >= 15 is 0 Å². The maximum absolute atomic E-state index is 12.2. The van der Waals surface area contributed by atoms with E-state index in [2.05, 4.69) is 15.9 Å². The summed E-state index contributed by atoms with van der Waals surface area (Å²) in [4.78, 5) is 0. The van der Waals surface area contributed by atoms with Crippen LogP contribution in [0.2, 0.25) is 0 Å². The predicted molar refractivity (Wildman–Crippen MR) is 47.8 cm³/mol. The Balaban J connectivity index is 3.01. The van der Waals surface area contributed by atoms with Gasteiger partial charge in [0.15, 0.2) is 0 Å². The van der Waals surface area contributed by atoms with Crippen molar-refractivity contribution >= 4 is 15.9 Å². The predicted octanol–water partition coefficient (Wildman–Crippen LogP) is 2.95. The van der Waals surface area contributed by atoms with Crippen LogP contribution in [0.4, 0.5) is 13.2 Å². The summed E-state index contributed by atoms with van der Waals surface area (Å²) in [5.41, 5.74) is 1.71. The Labute approximate surface area is 86.8 Å². The fraction of sp³-hybridized carbons (Fsp3) is 0.250. The van der Waals surface area contributed by atoms with Gasteiger partial charge >= 0.3 is 6.18 Å². The third kappa shape index (κ3) is 2.70. The van der Waals surface area contributed by atoms with Crippen molar-refractivity contribution in [3.8, 4) is 0 Å². The van der Waals surface area contributed by atoms with Crippen LogP contribution in [-0.4, -0.2) is 5.21 Å². The average Bonchev–Trinajstić information content (AvgIpc) is 2.07. The number of benzene rings is 1. The Bertz CT molecular complexity index is 327.